The smallest absolute Gasteiger partial charge is 0.478 e. The molecule has 9 nitrogen and oxygen atoms in total. The van der Waals surface area contributed by atoms with Crippen molar-refractivity contribution in [3.8, 4) is 0 Å². The van der Waals surface area contributed by atoms with Crippen LogP contribution in [-0.4, -0.2) is 84.9 Å². The standard InChI is InChI=1S/C23H56O9Si6/c1-16-17-23(18-21(25)19-24,20(2)22(26)27)38(30-35(9,10)11,31-36(12,13)14)32-37(15,28-33(3,4)5)29-34(6,7)8/h21,24-25H,2,16-19H2,1,3-15H3,(H,26,27). The van der Waals surface area contributed by atoms with E-state index < -0.39 is 74.6 Å². The number of carbonyl (C=O) groups is 1. The summed E-state index contributed by atoms with van der Waals surface area (Å²) in [6.45, 7) is 31.6. The van der Waals surface area contributed by atoms with Gasteiger partial charge in [-0.05, 0) is 91.4 Å². The van der Waals surface area contributed by atoms with E-state index in [4.69, 9.17) is 20.6 Å². The zero-order valence-electron chi connectivity index (χ0n) is 26.4. The van der Waals surface area contributed by atoms with E-state index in [9.17, 15) is 20.1 Å². The van der Waals surface area contributed by atoms with E-state index in [0.29, 0.717) is 6.42 Å². The molecule has 0 amide bonds. The van der Waals surface area contributed by atoms with Crippen molar-refractivity contribution in [3.05, 3.63) is 12.2 Å². The molecule has 0 rings (SSSR count). The average Bonchev–Trinajstić information content (AvgIpc) is 2.59. The Morgan fingerprint density at radius 2 is 1.13 bits per heavy atom. The highest BCUT2D eigenvalue weighted by Gasteiger charge is 2.69. The highest BCUT2D eigenvalue weighted by Crippen LogP contribution is 2.56. The Balaban J connectivity index is 7.92. The first-order valence-electron chi connectivity index (χ1n) is 13.4. The molecule has 0 aromatic rings. The molecule has 0 aromatic carbocycles. The highest BCUT2D eigenvalue weighted by molar-refractivity contribution is 6.93. The van der Waals surface area contributed by atoms with Gasteiger partial charge in [0.05, 0.1) is 17.7 Å². The lowest BCUT2D eigenvalue weighted by molar-refractivity contribution is -0.133. The maximum Gasteiger partial charge on any atom is 0.484 e. The molecule has 0 aliphatic carbocycles. The molecule has 0 aromatic heterocycles. The summed E-state index contributed by atoms with van der Waals surface area (Å²) in [6.07, 6.45) is -0.531. The zero-order chi connectivity index (χ0) is 30.6. The summed E-state index contributed by atoms with van der Waals surface area (Å²) in [7, 11) is -17.2. The van der Waals surface area contributed by atoms with E-state index >= 15 is 0 Å². The first kappa shape index (κ1) is 38.2. The quantitative estimate of drug-likeness (QED) is 0.125. The van der Waals surface area contributed by atoms with Crippen molar-refractivity contribution in [2.24, 2.45) is 0 Å². The van der Waals surface area contributed by atoms with Crippen LogP contribution in [0.15, 0.2) is 12.2 Å². The third-order valence-corrected chi connectivity index (χ3v) is 24.5. The van der Waals surface area contributed by atoms with Crippen molar-refractivity contribution in [3.63, 3.8) is 0 Å². The minimum absolute atomic E-state index is 0.131. The minimum Gasteiger partial charge on any atom is -0.478 e. The molecule has 38 heavy (non-hydrogen) atoms. The van der Waals surface area contributed by atoms with Gasteiger partial charge < -0.3 is 35.9 Å². The number of aliphatic carboxylic acids is 1. The Morgan fingerprint density at radius 1 is 0.763 bits per heavy atom. The van der Waals surface area contributed by atoms with Crippen LogP contribution in [0, 0.1) is 0 Å². The Hall–Kier alpha value is 0.231. The minimum atomic E-state index is -4.18. The van der Waals surface area contributed by atoms with E-state index in [1.54, 1.807) is 0 Å². The molecular weight excluding hydrogens is 589 g/mol. The molecule has 0 spiro atoms. The van der Waals surface area contributed by atoms with Crippen molar-refractivity contribution in [2.75, 3.05) is 6.61 Å². The third kappa shape index (κ3) is 12.4. The second-order valence-corrected chi connectivity index (χ2v) is 38.8. The van der Waals surface area contributed by atoms with Crippen LogP contribution in [0.3, 0.4) is 0 Å². The van der Waals surface area contributed by atoms with E-state index in [1.165, 1.54) is 0 Å². The molecule has 0 aliphatic rings. The molecule has 0 bridgehead atoms. The first-order chi connectivity index (χ1) is 16.7. The summed E-state index contributed by atoms with van der Waals surface area (Å²) < 4.78 is 34.6. The summed E-state index contributed by atoms with van der Waals surface area (Å²) >= 11 is 0. The topological polar surface area (TPSA) is 124 Å². The number of carboxylic acids is 1. The number of aliphatic hydroxyl groups is 2. The van der Waals surface area contributed by atoms with Gasteiger partial charge in [0.1, 0.15) is 0 Å². The van der Waals surface area contributed by atoms with Crippen LogP contribution in [0.5, 0.6) is 0 Å². The van der Waals surface area contributed by atoms with Crippen molar-refractivity contribution in [1.29, 1.82) is 0 Å². The first-order valence-corrected chi connectivity index (χ1v) is 31.0. The maximum atomic E-state index is 12.7. The molecule has 0 saturated heterocycles. The predicted molar refractivity (Wildman–Crippen MR) is 168 cm³/mol. The van der Waals surface area contributed by atoms with Gasteiger partial charge in [-0.1, -0.05) is 19.9 Å². The lowest BCUT2D eigenvalue weighted by Crippen LogP contribution is -2.71. The molecule has 0 aliphatic heterocycles. The van der Waals surface area contributed by atoms with Gasteiger partial charge in [0.2, 0.25) is 0 Å². The molecule has 15 heteroatoms. The Bertz CT molecular complexity index is 767. The number of hydrogen-bond acceptors (Lipinski definition) is 8. The molecule has 226 valence electrons. The van der Waals surface area contributed by atoms with Crippen LogP contribution in [-0.2, 0) is 25.4 Å². The Morgan fingerprint density at radius 3 is 1.39 bits per heavy atom. The second-order valence-electron chi connectivity index (χ2n) is 14.0. The van der Waals surface area contributed by atoms with E-state index in [-0.39, 0.29) is 18.4 Å². The largest absolute Gasteiger partial charge is 0.484 e. The summed E-state index contributed by atoms with van der Waals surface area (Å²) in [5.41, 5.74) is -0.146. The van der Waals surface area contributed by atoms with Crippen LogP contribution < -0.4 is 0 Å². The SMILES string of the molecule is C=C(C(=O)O)C(CCC)(CC(O)CO)[Si](O[Si](C)(C)C)(O[Si](C)(C)C)O[Si](C)(O[Si](C)(C)C)O[Si](C)(C)C. The number of carboxylic acid groups (broad SMARTS) is 1. The van der Waals surface area contributed by atoms with Crippen LogP contribution in [0.1, 0.15) is 26.2 Å². The molecule has 2 unspecified atom stereocenters. The van der Waals surface area contributed by atoms with Crippen LogP contribution in [0.2, 0.25) is 90.1 Å². The van der Waals surface area contributed by atoms with E-state index in [2.05, 4.69) is 45.9 Å². The fourth-order valence-electron chi connectivity index (χ4n) is 4.52. The normalized spacial score (nSPS) is 16.7. The van der Waals surface area contributed by atoms with Crippen LogP contribution in [0.25, 0.3) is 0 Å². The molecule has 3 N–H and O–H groups in total. The van der Waals surface area contributed by atoms with Crippen molar-refractivity contribution in [2.45, 2.75) is 122 Å². The number of rotatable bonds is 18. The van der Waals surface area contributed by atoms with E-state index in [0.717, 1.165) is 0 Å². The van der Waals surface area contributed by atoms with Gasteiger partial charge in [0.25, 0.3) is 0 Å². The molecule has 0 fully saturated rings. The molecule has 2 atom stereocenters. The summed E-state index contributed by atoms with van der Waals surface area (Å²) in [5, 5.41) is 29.7. The Labute approximate surface area is 238 Å². The van der Waals surface area contributed by atoms with Crippen LogP contribution in [0.4, 0.5) is 0 Å². The lowest BCUT2D eigenvalue weighted by atomic mass is 9.88. The van der Waals surface area contributed by atoms with Gasteiger partial charge in [-0.2, -0.15) is 0 Å². The van der Waals surface area contributed by atoms with Gasteiger partial charge >= 0.3 is 23.6 Å². The maximum absolute atomic E-state index is 12.7. The number of aliphatic hydroxyl groups excluding tert-OH is 2. The molecular formula is C23H56O9Si6. The second kappa shape index (κ2) is 13.5. The zero-order valence-corrected chi connectivity index (χ0v) is 32.4. The summed E-state index contributed by atoms with van der Waals surface area (Å²) in [4.78, 5) is 12.7. The highest BCUT2D eigenvalue weighted by atomic mass is 28.5. The van der Waals surface area contributed by atoms with Crippen LogP contribution >= 0.6 is 0 Å². The predicted octanol–water partition coefficient (Wildman–Crippen LogP) is 5.84. The van der Waals surface area contributed by atoms with Crippen molar-refractivity contribution in [1.82, 2.24) is 0 Å². The van der Waals surface area contributed by atoms with Gasteiger partial charge in [0.15, 0.2) is 33.3 Å². The molecule has 0 saturated carbocycles. The fraction of sp³-hybridized carbons (Fsp3) is 0.870. The third-order valence-electron chi connectivity index (χ3n) is 5.08. The Kier molecular flexibility index (Phi) is 13.6. The van der Waals surface area contributed by atoms with Gasteiger partial charge in [-0.3, -0.25) is 0 Å². The lowest BCUT2D eigenvalue weighted by Gasteiger charge is -2.54. The van der Waals surface area contributed by atoms with Crippen molar-refractivity contribution < 1.29 is 40.7 Å². The summed E-state index contributed by atoms with van der Waals surface area (Å²) in [5.74, 6) is -1.22. The van der Waals surface area contributed by atoms with Gasteiger partial charge in [-0.15, -0.1) is 0 Å². The van der Waals surface area contributed by atoms with Gasteiger partial charge in [-0.25, -0.2) is 4.79 Å². The summed E-state index contributed by atoms with van der Waals surface area (Å²) in [6, 6.07) is 0. The molecule has 0 radical (unpaired) electrons. The van der Waals surface area contributed by atoms with Gasteiger partial charge in [0, 0.05) is 12.1 Å². The average molecular weight is 645 g/mol. The van der Waals surface area contributed by atoms with E-state index in [1.807, 2.05) is 52.8 Å². The van der Waals surface area contributed by atoms with Crippen molar-refractivity contribution >= 4 is 56.8 Å². The number of hydrogen-bond donors (Lipinski definition) is 3. The monoisotopic (exact) mass is 644 g/mol. The molecule has 0 heterocycles. The fourth-order valence-corrected chi connectivity index (χ4v) is 28.9.